The van der Waals surface area contributed by atoms with Crippen molar-refractivity contribution >= 4 is 11.9 Å². The van der Waals surface area contributed by atoms with E-state index in [9.17, 15) is 14.7 Å². The molecule has 0 heterocycles. The van der Waals surface area contributed by atoms with Crippen LogP contribution in [0.15, 0.2) is 72.9 Å². The molecule has 0 saturated carbocycles. The van der Waals surface area contributed by atoms with Crippen LogP contribution < -0.4 is 0 Å². The Kier molecular flexibility index (Phi) is 20.1. The van der Waals surface area contributed by atoms with Gasteiger partial charge in [-0.3, -0.25) is 9.59 Å². The van der Waals surface area contributed by atoms with E-state index in [1.165, 1.54) is 0 Å². The van der Waals surface area contributed by atoms with E-state index in [0.717, 1.165) is 38.5 Å². The van der Waals surface area contributed by atoms with E-state index in [0.29, 0.717) is 11.0 Å². The summed E-state index contributed by atoms with van der Waals surface area (Å²) in [6.07, 6.45) is 30.0. The first kappa shape index (κ1) is 32.3. The molecule has 0 bridgehead atoms. The van der Waals surface area contributed by atoms with Crippen LogP contribution in [0.5, 0.6) is 0 Å². The van der Waals surface area contributed by atoms with Crippen LogP contribution in [0.3, 0.4) is 0 Å². The number of allylic oxidation sites excluding steroid dienone is 11. The molecular weight excluding hydrogens is 442 g/mol. The van der Waals surface area contributed by atoms with Crippen LogP contribution in [0.1, 0.15) is 58.3 Å². The Balaban J connectivity index is 3.75. The fourth-order valence-corrected chi connectivity index (χ4v) is 2.87. The van der Waals surface area contributed by atoms with Gasteiger partial charge >= 0.3 is 11.9 Å². The topological polar surface area (TPSA) is 72.8 Å². The molecule has 0 aromatic carbocycles. The molecule has 0 aromatic rings. The predicted molar refractivity (Wildman–Crippen MR) is 143 cm³/mol. The Morgan fingerprint density at radius 2 is 1.09 bits per heavy atom. The normalized spacial score (nSPS) is 13.9. The lowest BCUT2D eigenvalue weighted by Crippen LogP contribution is -2.42. The molecule has 0 aliphatic rings. The third-order valence-electron chi connectivity index (χ3n) is 4.48. The quantitative estimate of drug-likeness (QED) is 0.111. The van der Waals surface area contributed by atoms with Gasteiger partial charge in [-0.1, -0.05) is 79.8 Å². The highest BCUT2D eigenvalue weighted by molar-refractivity contribution is 5.72. The number of rotatable bonds is 19. The van der Waals surface area contributed by atoms with Crippen molar-refractivity contribution in [3.05, 3.63) is 72.9 Å². The maximum atomic E-state index is 11.7. The van der Waals surface area contributed by atoms with Crippen molar-refractivity contribution in [2.45, 2.75) is 64.4 Å². The van der Waals surface area contributed by atoms with Gasteiger partial charge in [-0.2, -0.15) is 0 Å². The van der Waals surface area contributed by atoms with Gasteiger partial charge in [0, 0.05) is 0 Å². The molecule has 1 unspecified atom stereocenters. The minimum Gasteiger partial charge on any atom is -0.428 e. The highest BCUT2D eigenvalue weighted by atomic mass is 16.7. The van der Waals surface area contributed by atoms with E-state index in [1.54, 1.807) is 6.08 Å². The molecule has 0 aliphatic carbocycles. The van der Waals surface area contributed by atoms with Crippen molar-refractivity contribution in [3.8, 4) is 0 Å². The van der Waals surface area contributed by atoms with Gasteiger partial charge in [0.2, 0.25) is 6.79 Å². The zero-order valence-corrected chi connectivity index (χ0v) is 22.1. The van der Waals surface area contributed by atoms with E-state index in [-0.39, 0.29) is 12.8 Å². The minimum atomic E-state index is -0.794. The van der Waals surface area contributed by atoms with Crippen LogP contribution in [0.2, 0.25) is 0 Å². The molecule has 0 spiro atoms. The van der Waals surface area contributed by atoms with Gasteiger partial charge in [-0.15, -0.1) is 0 Å². The van der Waals surface area contributed by atoms with Gasteiger partial charge in [0.15, 0.2) is 0 Å². The molecule has 35 heavy (non-hydrogen) atoms. The molecule has 0 amide bonds. The van der Waals surface area contributed by atoms with Crippen molar-refractivity contribution in [2.24, 2.45) is 0 Å². The summed E-state index contributed by atoms with van der Waals surface area (Å²) >= 11 is 0. The molecule has 1 N–H and O–H groups in total. The van der Waals surface area contributed by atoms with Crippen LogP contribution >= 0.6 is 0 Å². The minimum absolute atomic E-state index is 0.117. The molecule has 0 rings (SSSR count). The molecule has 196 valence electrons. The number of carbonyl (C=O) groups is 2. The number of esters is 2. The standard InChI is InChI=1S/C29H46NO5/c1-5-6-7-8-9-10-11-12-13-14-15-16-17-18-19-20-21-22-23-28(32)34-26-35-29(33)24-27(31)25-30(2,3)4/h6-7,9-10,12-13,15-16,18-19,21-22,27,31H,5,8,11,14,17,20,23-26H2,1-4H3/q+1/b7-6-,10-9-,13-12-,16-15-,19-18-,22-21-. The Labute approximate surface area is 212 Å². The zero-order chi connectivity index (χ0) is 26.2. The van der Waals surface area contributed by atoms with Gasteiger partial charge in [0.1, 0.15) is 12.6 Å². The second kappa shape index (κ2) is 21.8. The smallest absolute Gasteiger partial charge is 0.312 e. The fraction of sp³-hybridized carbons (Fsp3) is 0.517. The lowest BCUT2D eigenvalue weighted by Gasteiger charge is -2.26. The molecule has 0 saturated heterocycles. The van der Waals surface area contributed by atoms with Gasteiger partial charge in [0.25, 0.3) is 0 Å². The van der Waals surface area contributed by atoms with Gasteiger partial charge in [0.05, 0.1) is 34.0 Å². The van der Waals surface area contributed by atoms with Gasteiger partial charge in [-0.05, 0) is 38.5 Å². The summed E-state index contributed by atoms with van der Waals surface area (Å²) in [5.74, 6) is -1.06. The number of hydrogen-bond donors (Lipinski definition) is 1. The van der Waals surface area contributed by atoms with E-state index in [4.69, 9.17) is 9.47 Å². The molecule has 6 heteroatoms. The third-order valence-corrected chi connectivity index (χ3v) is 4.48. The highest BCUT2D eigenvalue weighted by Crippen LogP contribution is 2.02. The van der Waals surface area contributed by atoms with Crippen molar-refractivity contribution in [1.82, 2.24) is 0 Å². The van der Waals surface area contributed by atoms with E-state index in [2.05, 4.69) is 61.6 Å². The number of aliphatic hydroxyl groups excluding tert-OH is 1. The molecule has 0 aromatic heterocycles. The molecule has 0 fully saturated rings. The van der Waals surface area contributed by atoms with E-state index >= 15 is 0 Å². The fourth-order valence-electron chi connectivity index (χ4n) is 2.87. The summed E-state index contributed by atoms with van der Waals surface area (Å²) < 4.78 is 10.2. The number of ether oxygens (including phenoxy) is 2. The Bertz CT molecular complexity index is 739. The van der Waals surface area contributed by atoms with Crippen molar-refractivity contribution in [2.75, 3.05) is 34.5 Å². The van der Waals surface area contributed by atoms with E-state index in [1.807, 2.05) is 33.3 Å². The third kappa shape index (κ3) is 25.8. The number of likely N-dealkylation sites (N-methyl/N-ethyl adjacent to an activating group) is 1. The maximum Gasteiger partial charge on any atom is 0.312 e. The lowest BCUT2D eigenvalue weighted by molar-refractivity contribution is -0.873. The van der Waals surface area contributed by atoms with Crippen LogP contribution in [0.25, 0.3) is 0 Å². The number of aliphatic hydroxyl groups is 1. The van der Waals surface area contributed by atoms with Crippen molar-refractivity contribution in [3.63, 3.8) is 0 Å². The average Bonchev–Trinajstić information content (AvgIpc) is 2.77. The van der Waals surface area contributed by atoms with E-state index < -0.39 is 24.8 Å². The summed E-state index contributed by atoms with van der Waals surface area (Å²) in [4.78, 5) is 23.3. The largest absolute Gasteiger partial charge is 0.428 e. The SMILES string of the molecule is CC/C=C\C/C=C\C/C=C\C/C=C\C/C=C\C/C=C\CC(=O)OCOC(=O)CC(O)C[N+](C)(C)C. The van der Waals surface area contributed by atoms with Crippen LogP contribution in [0.4, 0.5) is 0 Å². The van der Waals surface area contributed by atoms with Crippen LogP contribution in [-0.2, 0) is 19.1 Å². The van der Waals surface area contributed by atoms with Gasteiger partial charge < -0.3 is 19.1 Å². The predicted octanol–water partition coefficient (Wildman–Crippen LogP) is 5.58. The van der Waals surface area contributed by atoms with Crippen molar-refractivity contribution in [1.29, 1.82) is 0 Å². The summed E-state index contributed by atoms with van der Waals surface area (Å²) in [5.41, 5.74) is 0. The Hall–Kier alpha value is -2.70. The first-order chi connectivity index (χ1) is 16.7. The monoisotopic (exact) mass is 488 g/mol. The first-order valence-corrected chi connectivity index (χ1v) is 12.4. The summed E-state index contributed by atoms with van der Waals surface area (Å²) in [6, 6.07) is 0. The highest BCUT2D eigenvalue weighted by Gasteiger charge is 2.19. The molecule has 6 nitrogen and oxygen atoms in total. The number of carbonyl (C=O) groups excluding carboxylic acids is 2. The van der Waals surface area contributed by atoms with Crippen LogP contribution in [0, 0.1) is 0 Å². The second-order valence-electron chi connectivity index (χ2n) is 9.10. The number of hydrogen-bond acceptors (Lipinski definition) is 5. The maximum absolute atomic E-state index is 11.7. The molecule has 0 radical (unpaired) electrons. The second-order valence-corrected chi connectivity index (χ2v) is 9.10. The molecular formula is C29H46NO5+. The van der Waals surface area contributed by atoms with Gasteiger partial charge in [-0.25, -0.2) is 0 Å². The summed E-state index contributed by atoms with van der Waals surface area (Å²) in [5, 5.41) is 9.84. The average molecular weight is 489 g/mol. The lowest BCUT2D eigenvalue weighted by atomic mass is 10.2. The van der Waals surface area contributed by atoms with Crippen molar-refractivity contribution < 1.29 is 28.7 Å². The number of quaternary nitrogens is 1. The first-order valence-electron chi connectivity index (χ1n) is 12.4. The Morgan fingerprint density at radius 3 is 1.51 bits per heavy atom. The Morgan fingerprint density at radius 1 is 0.686 bits per heavy atom. The van der Waals surface area contributed by atoms with Crippen LogP contribution in [-0.4, -0.2) is 62.1 Å². The summed E-state index contributed by atoms with van der Waals surface area (Å²) in [7, 11) is 5.77. The molecule has 1 atom stereocenters. The molecule has 0 aliphatic heterocycles. The zero-order valence-electron chi connectivity index (χ0n) is 22.1. The number of nitrogens with zero attached hydrogens (tertiary/aromatic N) is 1. The summed E-state index contributed by atoms with van der Waals surface area (Å²) in [6.45, 7) is 2.13.